The van der Waals surface area contributed by atoms with E-state index in [4.69, 9.17) is 21.5 Å². The van der Waals surface area contributed by atoms with Crippen LogP contribution >= 0.6 is 0 Å². The maximum atomic E-state index is 13.4. The van der Waals surface area contributed by atoms with E-state index in [1.54, 1.807) is 4.52 Å². The zero-order valence-corrected chi connectivity index (χ0v) is 20.4. The average Bonchev–Trinajstić information content (AvgIpc) is 3.42. The van der Waals surface area contributed by atoms with E-state index in [9.17, 15) is 9.59 Å². The van der Waals surface area contributed by atoms with E-state index in [0.29, 0.717) is 13.0 Å². The molecule has 12 heteroatoms. The summed E-state index contributed by atoms with van der Waals surface area (Å²) in [5.74, 6) is 0.653. The van der Waals surface area contributed by atoms with Crippen molar-refractivity contribution in [2.75, 3.05) is 24.5 Å². The summed E-state index contributed by atoms with van der Waals surface area (Å²) in [5, 5.41) is 13.8. The highest BCUT2D eigenvalue weighted by atomic mass is 16.2. The molecule has 2 aromatic heterocycles. The number of anilines is 1. The third-order valence-electron chi connectivity index (χ3n) is 7.14. The van der Waals surface area contributed by atoms with Crippen LogP contribution in [0.3, 0.4) is 0 Å². The topological polar surface area (TPSA) is 159 Å². The lowest BCUT2D eigenvalue weighted by Gasteiger charge is -2.38. The van der Waals surface area contributed by atoms with Gasteiger partial charge < -0.3 is 26.6 Å². The number of aryl methyl sites for hydroxylation is 1. The Morgan fingerprint density at radius 1 is 1.29 bits per heavy atom. The fourth-order valence-corrected chi connectivity index (χ4v) is 5.39. The first kappa shape index (κ1) is 23.9. The highest BCUT2D eigenvalue weighted by Gasteiger charge is 2.34. The van der Waals surface area contributed by atoms with Crippen LogP contribution in [0.15, 0.2) is 12.3 Å². The lowest BCUT2D eigenvalue weighted by Crippen LogP contribution is -2.67. The molecule has 7 N–H and O–H groups in total. The molecule has 5 atom stereocenters. The summed E-state index contributed by atoms with van der Waals surface area (Å²) in [6, 6.07) is 1.97. The number of hydrogen-bond donors (Lipinski definition) is 5. The van der Waals surface area contributed by atoms with Crippen molar-refractivity contribution in [3.8, 4) is 0 Å². The van der Waals surface area contributed by atoms with Gasteiger partial charge in [-0.25, -0.2) is 9.50 Å². The van der Waals surface area contributed by atoms with Gasteiger partial charge in [-0.3, -0.25) is 20.2 Å². The van der Waals surface area contributed by atoms with Gasteiger partial charge in [-0.05, 0) is 39.5 Å². The summed E-state index contributed by atoms with van der Waals surface area (Å²) in [6.45, 7) is 6.26. The molecular weight excluding hydrogens is 448 g/mol. The minimum atomic E-state index is -0.956. The molecule has 3 unspecified atom stereocenters. The molecule has 2 amide bonds. The van der Waals surface area contributed by atoms with Crippen molar-refractivity contribution >= 4 is 23.3 Å². The average molecular weight is 485 g/mol. The van der Waals surface area contributed by atoms with Gasteiger partial charge in [-0.2, -0.15) is 5.10 Å². The van der Waals surface area contributed by atoms with E-state index in [-0.39, 0.29) is 29.9 Å². The molecule has 3 aliphatic heterocycles. The van der Waals surface area contributed by atoms with Crippen molar-refractivity contribution in [2.45, 2.75) is 76.5 Å². The molecule has 190 valence electrons. The summed E-state index contributed by atoms with van der Waals surface area (Å²) in [6.07, 6.45) is 4.57. The van der Waals surface area contributed by atoms with Crippen molar-refractivity contribution in [3.63, 3.8) is 0 Å². The van der Waals surface area contributed by atoms with Crippen molar-refractivity contribution in [3.05, 3.63) is 23.5 Å². The Morgan fingerprint density at radius 2 is 2.11 bits per heavy atom. The summed E-state index contributed by atoms with van der Waals surface area (Å²) >= 11 is 0. The number of carbonyl (C=O) groups is 2. The number of amides is 2. The summed E-state index contributed by atoms with van der Waals surface area (Å²) < 4.78 is 1.79. The van der Waals surface area contributed by atoms with E-state index in [1.807, 2.05) is 31.0 Å². The van der Waals surface area contributed by atoms with Crippen LogP contribution in [-0.2, 0) is 9.59 Å². The smallest absolute Gasteiger partial charge is 0.254 e. The minimum absolute atomic E-state index is 0.00130. The number of hydrogen-bond acceptors (Lipinski definition) is 9. The van der Waals surface area contributed by atoms with Gasteiger partial charge in [-0.15, -0.1) is 0 Å². The number of nitrogens with one attached hydrogen (secondary N) is 3. The molecule has 0 aliphatic carbocycles. The second-order valence-corrected chi connectivity index (χ2v) is 10.1. The molecule has 35 heavy (non-hydrogen) atoms. The van der Waals surface area contributed by atoms with Gasteiger partial charge in [0.2, 0.25) is 5.91 Å². The number of rotatable bonds is 5. The number of fused-ring (bicyclic) bond motifs is 1. The van der Waals surface area contributed by atoms with Crippen LogP contribution in [-0.4, -0.2) is 75.5 Å². The van der Waals surface area contributed by atoms with Gasteiger partial charge in [-0.1, -0.05) is 0 Å². The van der Waals surface area contributed by atoms with Crippen LogP contribution in [0.4, 0.5) is 5.82 Å². The van der Waals surface area contributed by atoms with Gasteiger partial charge in [0.1, 0.15) is 18.3 Å². The summed E-state index contributed by atoms with van der Waals surface area (Å²) in [4.78, 5) is 34.2. The van der Waals surface area contributed by atoms with Crippen molar-refractivity contribution in [1.82, 2.24) is 35.4 Å². The van der Waals surface area contributed by atoms with Gasteiger partial charge in [0.05, 0.1) is 11.7 Å². The van der Waals surface area contributed by atoms with E-state index in [2.05, 4.69) is 20.9 Å². The molecule has 3 saturated heterocycles. The Balaban J connectivity index is 1.34. The quantitative estimate of drug-likeness (QED) is 0.345. The molecule has 5 rings (SSSR count). The molecule has 2 aromatic rings. The lowest BCUT2D eigenvalue weighted by atomic mass is 9.99. The first-order chi connectivity index (χ1) is 16.8. The molecule has 0 saturated carbocycles. The van der Waals surface area contributed by atoms with E-state index in [0.717, 1.165) is 61.5 Å². The fraction of sp³-hybridized carbons (Fsp3) is 0.652. The second-order valence-electron chi connectivity index (χ2n) is 10.1. The highest BCUT2D eigenvalue weighted by molar-refractivity contribution is 5.82. The van der Waals surface area contributed by atoms with Crippen molar-refractivity contribution in [2.24, 2.45) is 11.5 Å². The number of carbonyl (C=O) groups excluding carboxylic acids is 2. The van der Waals surface area contributed by atoms with Gasteiger partial charge in [0.25, 0.3) is 5.91 Å². The largest absolute Gasteiger partial charge is 0.355 e. The van der Waals surface area contributed by atoms with Crippen molar-refractivity contribution < 1.29 is 9.59 Å². The molecule has 5 heterocycles. The zero-order valence-electron chi connectivity index (χ0n) is 20.4. The summed E-state index contributed by atoms with van der Waals surface area (Å²) in [7, 11) is 0. The van der Waals surface area contributed by atoms with E-state index >= 15 is 0 Å². The third kappa shape index (κ3) is 4.96. The number of nitrogens with zero attached hydrogens (tertiary/aromatic N) is 5. The maximum absolute atomic E-state index is 13.4. The molecule has 12 nitrogen and oxygen atoms in total. The number of aromatic nitrogens is 3. The zero-order chi connectivity index (χ0) is 24.7. The van der Waals surface area contributed by atoms with Crippen LogP contribution in [0.25, 0.3) is 5.65 Å². The SMILES string of the molecule is Cc1cn2nc([C@@H]3CCCCN3C(=O)C(N)NC3NC(=O)CC(C)N3)cc2nc1N1CC[C@H](N)C1. The predicted molar refractivity (Wildman–Crippen MR) is 131 cm³/mol. The molecular formula is C23H36N10O2. The third-order valence-corrected chi connectivity index (χ3v) is 7.14. The Morgan fingerprint density at radius 3 is 2.86 bits per heavy atom. The van der Waals surface area contributed by atoms with Crippen LogP contribution in [0.1, 0.15) is 56.3 Å². The van der Waals surface area contributed by atoms with Gasteiger partial charge >= 0.3 is 0 Å². The van der Waals surface area contributed by atoms with E-state index < -0.39 is 12.5 Å². The Kier molecular flexibility index (Phi) is 6.62. The molecule has 0 radical (unpaired) electrons. The predicted octanol–water partition coefficient (Wildman–Crippen LogP) is -0.715. The van der Waals surface area contributed by atoms with Crippen LogP contribution in [0, 0.1) is 6.92 Å². The van der Waals surface area contributed by atoms with Gasteiger partial charge in [0, 0.05) is 56.0 Å². The Labute approximate surface area is 204 Å². The van der Waals surface area contributed by atoms with Crippen LogP contribution in [0.2, 0.25) is 0 Å². The lowest BCUT2D eigenvalue weighted by molar-refractivity contribution is -0.138. The fourth-order valence-electron chi connectivity index (χ4n) is 5.39. The molecule has 0 spiro atoms. The number of nitrogens with two attached hydrogens (primary N) is 2. The molecule has 0 bridgehead atoms. The second kappa shape index (κ2) is 9.69. The molecule has 0 aromatic carbocycles. The van der Waals surface area contributed by atoms with Crippen molar-refractivity contribution in [1.29, 1.82) is 0 Å². The Bertz CT molecular complexity index is 1100. The van der Waals surface area contributed by atoms with E-state index in [1.165, 1.54) is 0 Å². The first-order valence-electron chi connectivity index (χ1n) is 12.5. The molecule has 3 aliphatic rings. The Hall–Kier alpha value is -2.80. The number of piperidine rings is 1. The first-order valence-corrected chi connectivity index (χ1v) is 12.5. The molecule has 3 fully saturated rings. The van der Waals surface area contributed by atoms with Crippen LogP contribution in [0.5, 0.6) is 0 Å². The standard InChI is InChI=1S/C23H36N10O2/c1-13-11-33-18(27-21(13)31-8-6-15(24)12-31)10-16(30-33)17-5-3-4-7-32(17)22(35)20(25)29-23-26-14(2)9-19(34)28-23/h10-11,14-15,17,20,23,26,29H,3-9,12,24-25H2,1-2H3,(H,28,34)/t14?,15-,17-,20?,23?/m0/s1. The van der Waals surface area contributed by atoms with Crippen LogP contribution < -0.4 is 32.3 Å². The van der Waals surface area contributed by atoms with Gasteiger partial charge in [0.15, 0.2) is 5.65 Å². The monoisotopic (exact) mass is 484 g/mol. The summed E-state index contributed by atoms with van der Waals surface area (Å²) in [5.41, 5.74) is 15.0. The number of likely N-dealkylation sites (tertiary alicyclic amines) is 1. The maximum Gasteiger partial charge on any atom is 0.254 e. The highest BCUT2D eigenvalue weighted by Crippen LogP contribution is 2.32. The normalized spacial score (nSPS) is 28.4. The minimum Gasteiger partial charge on any atom is -0.355 e.